The molecule has 36 heavy (non-hydrogen) atoms. The lowest BCUT2D eigenvalue weighted by atomic mass is 10.1. The fourth-order valence-electron chi connectivity index (χ4n) is 2.75. The number of amides is 1. The average molecular weight is 525 g/mol. The molecule has 0 aliphatic rings. The van der Waals surface area contributed by atoms with Crippen molar-refractivity contribution in [2.24, 2.45) is 0 Å². The predicted molar refractivity (Wildman–Crippen MR) is 150 cm³/mol. The summed E-state index contributed by atoms with van der Waals surface area (Å²) < 4.78 is 5.10. The van der Waals surface area contributed by atoms with Crippen molar-refractivity contribution in [3.8, 4) is 11.3 Å². The highest BCUT2D eigenvalue weighted by Gasteiger charge is 2.26. The summed E-state index contributed by atoms with van der Waals surface area (Å²) in [6, 6.07) is 14.7. The molecule has 2 aromatic carbocycles. The van der Waals surface area contributed by atoms with Crippen LogP contribution in [0.4, 0.5) is 5.69 Å². The Morgan fingerprint density at radius 3 is 2.47 bits per heavy atom. The van der Waals surface area contributed by atoms with Crippen molar-refractivity contribution in [1.29, 1.82) is 0 Å². The molecule has 0 saturated carbocycles. The molecule has 0 radical (unpaired) electrons. The molecule has 0 bridgehead atoms. The number of hydrogen-bond acceptors (Lipinski definition) is 5. The molecular weight excluding hydrogens is 496 g/mol. The molecule has 6 nitrogen and oxygen atoms in total. The Morgan fingerprint density at radius 2 is 1.86 bits per heavy atom. The molecule has 2 N–H and O–H groups in total. The largest absolute Gasteiger partial charge is 0.480 e. The number of oxazole rings is 1. The molecule has 0 aliphatic heterocycles. The number of nitrogens with one attached hydrogen (secondary N) is 1. The van der Waals surface area contributed by atoms with E-state index < -0.39 is 10.7 Å². The Kier molecular flexibility index (Phi) is 10.8. The minimum absolute atomic E-state index is 0.208. The van der Waals surface area contributed by atoms with Gasteiger partial charge in [-0.2, -0.15) is 0 Å². The topological polar surface area (TPSA) is 92.4 Å². The van der Waals surface area contributed by atoms with Crippen LogP contribution in [0, 0.1) is 6.92 Å². The quantitative estimate of drug-likeness (QED) is 0.222. The number of thioether (sulfide) groups is 1. The maximum Gasteiger partial charge on any atom is 0.319 e. The summed E-state index contributed by atoms with van der Waals surface area (Å²) in [6.07, 6.45) is 6.67. The van der Waals surface area contributed by atoms with Crippen molar-refractivity contribution < 1.29 is 19.1 Å². The van der Waals surface area contributed by atoms with E-state index in [4.69, 9.17) is 21.1 Å². The fourth-order valence-corrected chi connectivity index (χ4v) is 3.58. The smallest absolute Gasteiger partial charge is 0.319 e. The van der Waals surface area contributed by atoms with Crippen LogP contribution in [-0.2, 0) is 4.79 Å². The van der Waals surface area contributed by atoms with E-state index in [0.717, 1.165) is 11.1 Å². The van der Waals surface area contributed by atoms with Crippen LogP contribution >= 0.6 is 23.4 Å². The number of hydrogen-bond donors (Lipinski definition) is 2. The highest BCUT2D eigenvalue weighted by atomic mass is 35.5. The molecule has 8 heteroatoms. The first-order valence-electron chi connectivity index (χ1n) is 11.0. The van der Waals surface area contributed by atoms with E-state index in [0.29, 0.717) is 28.1 Å². The fraction of sp³-hybridized carbons (Fsp3) is 0.179. The highest BCUT2D eigenvalue weighted by Crippen LogP contribution is 2.28. The van der Waals surface area contributed by atoms with E-state index in [-0.39, 0.29) is 11.6 Å². The number of carbonyl (C=O) groups excluding carboxylic acids is 1. The number of rotatable bonds is 9. The zero-order chi connectivity index (χ0) is 26.7. The number of carboxylic acids is 1. The Labute approximate surface area is 220 Å². The average Bonchev–Trinajstić information content (AvgIpc) is 3.29. The SMILES string of the molecule is C=C/C=C/c1nc(C(=O)Nc2cccc(Cl)c2C)c(-c2ccccc2)o1.C=CCSC(C)(C)C(=O)O. The summed E-state index contributed by atoms with van der Waals surface area (Å²) >= 11 is 7.50. The second-order valence-electron chi connectivity index (χ2n) is 7.97. The van der Waals surface area contributed by atoms with Gasteiger partial charge in [0.15, 0.2) is 11.5 Å². The third kappa shape index (κ3) is 8.00. The van der Waals surface area contributed by atoms with E-state index in [9.17, 15) is 9.59 Å². The van der Waals surface area contributed by atoms with Crippen molar-refractivity contribution in [3.63, 3.8) is 0 Å². The number of halogens is 1. The summed E-state index contributed by atoms with van der Waals surface area (Å²) in [4.78, 5) is 27.6. The van der Waals surface area contributed by atoms with Gasteiger partial charge in [0, 0.05) is 28.1 Å². The Hall–Kier alpha value is -3.55. The third-order valence-electron chi connectivity index (χ3n) is 4.86. The van der Waals surface area contributed by atoms with E-state index in [1.165, 1.54) is 11.8 Å². The molecule has 1 amide bonds. The summed E-state index contributed by atoms with van der Waals surface area (Å²) in [5.41, 5.74) is 2.40. The van der Waals surface area contributed by atoms with Gasteiger partial charge < -0.3 is 14.8 Å². The lowest BCUT2D eigenvalue weighted by molar-refractivity contribution is -0.138. The van der Waals surface area contributed by atoms with E-state index in [1.807, 2.05) is 37.3 Å². The van der Waals surface area contributed by atoms with E-state index >= 15 is 0 Å². The Morgan fingerprint density at radius 1 is 1.17 bits per heavy atom. The molecule has 0 saturated heterocycles. The van der Waals surface area contributed by atoms with E-state index in [1.54, 1.807) is 56.4 Å². The van der Waals surface area contributed by atoms with Crippen LogP contribution < -0.4 is 5.32 Å². The number of allylic oxidation sites excluding steroid dienone is 2. The van der Waals surface area contributed by atoms with Gasteiger partial charge >= 0.3 is 5.97 Å². The Bertz CT molecular complexity index is 1250. The van der Waals surface area contributed by atoms with Gasteiger partial charge in [0.1, 0.15) is 4.75 Å². The molecule has 3 rings (SSSR count). The van der Waals surface area contributed by atoms with Crippen LogP contribution in [0.2, 0.25) is 5.02 Å². The molecule has 0 atom stereocenters. The molecule has 1 aromatic heterocycles. The number of nitrogens with zero attached hydrogens (tertiary/aromatic N) is 1. The summed E-state index contributed by atoms with van der Waals surface area (Å²) in [6.45, 7) is 12.3. The number of aliphatic carboxylic acids is 1. The van der Waals surface area contributed by atoms with Gasteiger partial charge in [-0.15, -0.1) is 18.3 Å². The molecule has 0 unspecified atom stereocenters. The molecule has 1 heterocycles. The number of carboxylic acid groups (broad SMARTS) is 1. The van der Waals surface area contributed by atoms with Crippen molar-refractivity contribution >= 4 is 47.0 Å². The molecule has 188 valence electrons. The number of carbonyl (C=O) groups is 2. The van der Waals surface area contributed by atoms with Crippen LogP contribution in [0.1, 0.15) is 35.8 Å². The first-order valence-corrected chi connectivity index (χ1v) is 12.4. The van der Waals surface area contributed by atoms with Crippen LogP contribution in [-0.4, -0.2) is 32.5 Å². The summed E-state index contributed by atoms with van der Waals surface area (Å²) in [5.74, 6) is 0.276. The van der Waals surface area contributed by atoms with Gasteiger partial charge in [0.05, 0.1) is 0 Å². The lowest BCUT2D eigenvalue weighted by Crippen LogP contribution is -2.27. The monoisotopic (exact) mass is 524 g/mol. The minimum atomic E-state index is -0.778. The van der Waals surface area contributed by atoms with Crippen molar-refractivity contribution in [2.75, 3.05) is 11.1 Å². The van der Waals surface area contributed by atoms with Gasteiger partial charge in [0.2, 0.25) is 5.89 Å². The van der Waals surface area contributed by atoms with Crippen molar-refractivity contribution in [1.82, 2.24) is 4.98 Å². The maximum absolute atomic E-state index is 12.8. The van der Waals surface area contributed by atoms with Crippen LogP contribution in [0.5, 0.6) is 0 Å². The van der Waals surface area contributed by atoms with Crippen LogP contribution in [0.3, 0.4) is 0 Å². The maximum atomic E-state index is 12.8. The second-order valence-corrected chi connectivity index (χ2v) is 10.0. The van der Waals surface area contributed by atoms with Crippen LogP contribution in [0.15, 0.2) is 84.3 Å². The molecule has 0 aliphatic carbocycles. The molecule has 3 aromatic rings. The molecule has 0 fully saturated rings. The van der Waals surface area contributed by atoms with Gasteiger partial charge in [-0.3, -0.25) is 9.59 Å². The summed E-state index contributed by atoms with van der Waals surface area (Å²) in [5, 5.41) is 12.1. The summed E-state index contributed by atoms with van der Waals surface area (Å²) in [7, 11) is 0. The van der Waals surface area contributed by atoms with Crippen molar-refractivity contribution in [2.45, 2.75) is 25.5 Å². The van der Waals surface area contributed by atoms with Gasteiger partial charge in [0.25, 0.3) is 5.91 Å². The number of aromatic nitrogens is 1. The normalized spacial score (nSPS) is 10.9. The molecular formula is C28H29ClN2O4S. The Balaban J connectivity index is 0.000000388. The zero-order valence-corrected chi connectivity index (χ0v) is 22.0. The highest BCUT2D eigenvalue weighted by molar-refractivity contribution is 8.01. The van der Waals surface area contributed by atoms with Gasteiger partial charge in [-0.1, -0.05) is 72.8 Å². The number of benzene rings is 2. The minimum Gasteiger partial charge on any atom is -0.480 e. The lowest BCUT2D eigenvalue weighted by Gasteiger charge is -2.16. The van der Waals surface area contributed by atoms with Crippen LogP contribution in [0.25, 0.3) is 17.4 Å². The molecule has 0 spiro atoms. The first kappa shape index (κ1) is 28.7. The van der Waals surface area contributed by atoms with Crippen molar-refractivity contribution in [3.05, 3.63) is 102 Å². The predicted octanol–water partition coefficient (Wildman–Crippen LogP) is 7.52. The zero-order valence-electron chi connectivity index (χ0n) is 20.5. The number of anilines is 1. The van der Waals surface area contributed by atoms with Gasteiger partial charge in [-0.25, -0.2) is 4.98 Å². The second kappa shape index (κ2) is 13.5. The first-order chi connectivity index (χ1) is 17.1. The van der Waals surface area contributed by atoms with Gasteiger partial charge in [-0.05, 0) is 38.5 Å². The standard InChI is InChI=1S/C21H17ClN2O2.C7H12O2S/c1-3-4-13-18-24-19(20(26-18)15-9-6-5-7-10-15)21(25)23-17-12-8-11-16(22)14(17)2;1-4-5-10-7(2,3)6(8)9/h3-13H,1H2,2H3,(H,23,25);4H,1,5H2,2-3H3,(H,8,9)/b13-4+;. The van der Waals surface area contributed by atoms with E-state index in [2.05, 4.69) is 23.5 Å². The third-order valence-corrected chi connectivity index (χ3v) is 6.57.